The Morgan fingerprint density at radius 1 is 1.12 bits per heavy atom. The summed E-state index contributed by atoms with van der Waals surface area (Å²) in [5.41, 5.74) is 3.32. The lowest BCUT2D eigenvalue weighted by Gasteiger charge is -2.17. The van der Waals surface area contributed by atoms with Crippen molar-refractivity contribution in [2.75, 3.05) is 18.5 Å². The minimum Gasteiger partial charge on any atom is -0.339 e. The molecule has 5 rings (SSSR count). The van der Waals surface area contributed by atoms with Gasteiger partial charge in [-0.15, -0.1) is 5.10 Å². The molecule has 2 N–H and O–H groups in total. The molecule has 0 fully saturated rings. The molecule has 1 atom stereocenters. The van der Waals surface area contributed by atoms with Crippen molar-refractivity contribution in [3.63, 3.8) is 0 Å². The number of nitrogens with one attached hydrogen (secondary N) is 2. The average molecular weight is 476 g/mol. The highest BCUT2D eigenvalue weighted by molar-refractivity contribution is 7.69. The van der Waals surface area contributed by atoms with Gasteiger partial charge in [-0.3, -0.25) is 10.1 Å². The molecule has 3 aromatic heterocycles. The van der Waals surface area contributed by atoms with Crippen LogP contribution >= 0.6 is 7.29 Å². The minimum atomic E-state index is -2.96. The van der Waals surface area contributed by atoms with Crippen molar-refractivity contribution in [2.45, 2.75) is 13.5 Å². The van der Waals surface area contributed by atoms with Crippen molar-refractivity contribution in [1.82, 2.24) is 35.0 Å². The van der Waals surface area contributed by atoms with E-state index in [0.717, 1.165) is 16.5 Å². The molecule has 0 saturated heterocycles. The average Bonchev–Trinajstić information content (AvgIpc) is 3.25. The van der Waals surface area contributed by atoms with E-state index in [4.69, 9.17) is 0 Å². The first-order chi connectivity index (χ1) is 16.5. The van der Waals surface area contributed by atoms with Gasteiger partial charge in [-0.25, -0.2) is 19.0 Å². The third-order valence-electron chi connectivity index (χ3n) is 5.64. The van der Waals surface area contributed by atoms with E-state index in [1.54, 1.807) is 30.9 Å². The van der Waals surface area contributed by atoms with Crippen LogP contribution in [0.4, 0.5) is 15.9 Å². The first-order valence-electron chi connectivity index (χ1n) is 10.7. The van der Waals surface area contributed by atoms with Gasteiger partial charge in [-0.1, -0.05) is 24.3 Å². The van der Waals surface area contributed by atoms with Crippen LogP contribution in [0.2, 0.25) is 0 Å². The Kier molecular flexibility index (Phi) is 5.77. The van der Waals surface area contributed by atoms with Crippen LogP contribution in [0, 0.1) is 5.82 Å². The van der Waals surface area contributed by atoms with Crippen LogP contribution in [-0.4, -0.2) is 43.2 Å². The number of hydrogen-bond donors (Lipinski definition) is 2. The number of aromatic nitrogens is 6. The summed E-state index contributed by atoms with van der Waals surface area (Å²) in [6.07, 6.45) is 3.60. The second kappa shape index (κ2) is 8.89. The van der Waals surface area contributed by atoms with Gasteiger partial charge in [0.05, 0.1) is 23.6 Å². The van der Waals surface area contributed by atoms with Crippen LogP contribution in [-0.2, 0) is 11.1 Å². The van der Waals surface area contributed by atoms with Gasteiger partial charge in [-0.2, -0.15) is 0 Å². The molecule has 0 amide bonds. The molecule has 9 nitrogen and oxygen atoms in total. The SMILES string of the molecule is CCP(=O)(NC)c1ccc(Nc2cnc3nnn(Cc4ccc5ncccc5c4)c3n2)cc1F. The lowest BCUT2D eigenvalue weighted by atomic mass is 10.1. The fraction of sp³-hybridized carbons (Fsp3) is 0.174. The second-order valence-electron chi connectivity index (χ2n) is 7.75. The van der Waals surface area contributed by atoms with Crippen molar-refractivity contribution in [1.29, 1.82) is 0 Å². The standard InChI is InChI=1S/C23H22FN8OP/c1-3-34(33,25-2)20-9-7-17(12-18(20)24)28-21-13-27-22-23(29-21)32(31-30-22)14-15-6-8-19-16(11-15)5-4-10-26-19/h4-13H,3,14H2,1-2H3,(H,25,33)(H,28,29). The molecule has 5 aromatic rings. The predicted molar refractivity (Wildman–Crippen MR) is 130 cm³/mol. The summed E-state index contributed by atoms with van der Waals surface area (Å²) in [6.45, 7) is 2.22. The second-order valence-corrected chi connectivity index (χ2v) is 10.8. The van der Waals surface area contributed by atoms with Gasteiger partial charge >= 0.3 is 0 Å². The van der Waals surface area contributed by atoms with E-state index in [2.05, 4.69) is 41.7 Å². The molecule has 2 aromatic carbocycles. The molecule has 1 unspecified atom stereocenters. The van der Waals surface area contributed by atoms with Gasteiger partial charge in [0.15, 0.2) is 18.8 Å². The monoisotopic (exact) mass is 476 g/mol. The smallest absolute Gasteiger partial charge is 0.221 e. The summed E-state index contributed by atoms with van der Waals surface area (Å²) in [5, 5.41) is 15.3. The normalized spacial score (nSPS) is 13.3. The molecule has 0 saturated carbocycles. The van der Waals surface area contributed by atoms with Gasteiger partial charge in [0.25, 0.3) is 0 Å². The number of rotatable bonds is 7. The van der Waals surface area contributed by atoms with E-state index in [-0.39, 0.29) is 5.30 Å². The van der Waals surface area contributed by atoms with Crippen LogP contribution < -0.4 is 15.7 Å². The molecular formula is C23H22FN8OP. The molecule has 0 bridgehead atoms. The molecule has 0 radical (unpaired) electrons. The molecule has 3 heterocycles. The Labute approximate surface area is 194 Å². The zero-order chi connectivity index (χ0) is 23.7. The number of anilines is 2. The quantitative estimate of drug-likeness (QED) is 0.341. The van der Waals surface area contributed by atoms with Gasteiger partial charge in [0.2, 0.25) is 5.65 Å². The maximum atomic E-state index is 14.7. The van der Waals surface area contributed by atoms with E-state index in [0.29, 0.717) is 35.5 Å². The summed E-state index contributed by atoms with van der Waals surface area (Å²) in [4.78, 5) is 13.2. The van der Waals surface area contributed by atoms with Gasteiger partial charge in [0.1, 0.15) is 5.82 Å². The largest absolute Gasteiger partial charge is 0.339 e. The molecule has 0 aliphatic carbocycles. The molecule has 0 aliphatic rings. The van der Waals surface area contributed by atoms with Crippen molar-refractivity contribution < 1.29 is 8.96 Å². The lowest BCUT2D eigenvalue weighted by Crippen LogP contribution is -2.20. The van der Waals surface area contributed by atoms with E-state index < -0.39 is 13.1 Å². The number of pyridine rings is 1. The molecule has 11 heteroatoms. The Bertz CT molecular complexity index is 1550. The zero-order valence-corrected chi connectivity index (χ0v) is 19.5. The third-order valence-corrected chi connectivity index (χ3v) is 8.40. The topological polar surface area (TPSA) is 111 Å². The van der Waals surface area contributed by atoms with Crippen molar-refractivity contribution in [3.05, 3.63) is 72.3 Å². The number of fused-ring (bicyclic) bond motifs is 2. The number of benzene rings is 2. The van der Waals surface area contributed by atoms with Crippen LogP contribution in [0.1, 0.15) is 12.5 Å². The first kappa shape index (κ1) is 22.1. The van der Waals surface area contributed by atoms with Crippen LogP contribution in [0.25, 0.3) is 22.2 Å². The van der Waals surface area contributed by atoms with E-state index in [1.165, 1.54) is 18.3 Å². The van der Waals surface area contributed by atoms with E-state index in [1.807, 2.05) is 24.3 Å². The Balaban J connectivity index is 1.41. The van der Waals surface area contributed by atoms with Crippen molar-refractivity contribution >= 4 is 46.3 Å². The highest BCUT2D eigenvalue weighted by atomic mass is 31.2. The van der Waals surface area contributed by atoms with Gasteiger partial charge < -0.3 is 9.88 Å². The highest BCUT2D eigenvalue weighted by Gasteiger charge is 2.24. The number of hydrogen-bond acceptors (Lipinski definition) is 7. The molecule has 0 aliphatic heterocycles. The molecular weight excluding hydrogens is 454 g/mol. The lowest BCUT2D eigenvalue weighted by molar-refractivity contribution is 0.573. The fourth-order valence-electron chi connectivity index (χ4n) is 3.79. The van der Waals surface area contributed by atoms with Crippen LogP contribution in [0.5, 0.6) is 0 Å². The maximum Gasteiger partial charge on any atom is 0.221 e. The number of halogens is 1. The van der Waals surface area contributed by atoms with Crippen molar-refractivity contribution in [3.8, 4) is 0 Å². The number of nitrogens with zero attached hydrogens (tertiary/aromatic N) is 6. The molecule has 172 valence electrons. The summed E-state index contributed by atoms with van der Waals surface area (Å²) >= 11 is 0. The Morgan fingerprint density at radius 3 is 2.79 bits per heavy atom. The summed E-state index contributed by atoms with van der Waals surface area (Å²) in [6, 6.07) is 14.4. The first-order valence-corrected chi connectivity index (χ1v) is 12.6. The van der Waals surface area contributed by atoms with E-state index >= 15 is 0 Å². The Morgan fingerprint density at radius 2 is 2.00 bits per heavy atom. The van der Waals surface area contributed by atoms with Crippen molar-refractivity contribution in [2.24, 2.45) is 0 Å². The summed E-state index contributed by atoms with van der Waals surface area (Å²) in [7, 11) is -1.38. The molecule has 34 heavy (non-hydrogen) atoms. The molecule has 0 spiro atoms. The predicted octanol–water partition coefficient (Wildman–Crippen LogP) is 3.84. The highest BCUT2D eigenvalue weighted by Crippen LogP contribution is 2.39. The maximum absolute atomic E-state index is 14.7. The third kappa shape index (κ3) is 4.13. The van der Waals surface area contributed by atoms with Gasteiger partial charge in [0, 0.05) is 23.4 Å². The summed E-state index contributed by atoms with van der Waals surface area (Å²) in [5.74, 6) is -0.130. The minimum absolute atomic E-state index is 0.178. The van der Waals surface area contributed by atoms with Gasteiger partial charge in [-0.05, 0) is 49.0 Å². The summed E-state index contributed by atoms with van der Waals surface area (Å²) < 4.78 is 29.2. The van der Waals surface area contributed by atoms with E-state index in [9.17, 15) is 8.96 Å². The van der Waals surface area contributed by atoms with Crippen LogP contribution in [0.15, 0.2) is 60.9 Å². The zero-order valence-electron chi connectivity index (χ0n) is 18.6. The fourth-order valence-corrected chi connectivity index (χ4v) is 5.42. The van der Waals surface area contributed by atoms with Crippen LogP contribution in [0.3, 0.4) is 0 Å². The Hall–Kier alpha value is -3.75.